The first-order chi connectivity index (χ1) is 12.5. The van der Waals surface area contributed by atoms with Crippen molar-refractivity contribution in [3.63, 3.8) is 0 Å². The molecule has 1 aromatic heterocycles. The van der Waals surface area contributed by atoms with Gasteiger partial charge in [0, 0.05) is 11.6 Å². The number of rotatable bonds is 5. The van der Waals surface area contributed by atoms with Crippen LogP contribution in [0.25, 0.3) is 0 Å². The second kappa shape index (κ2) is 8.12. The summed E-state index contributed by atoms with van der Waals surface area (Å²) < 4.78 is 12.9. The van der Waals surface area contributed by atoms with Gasteiger partial charge in [-0.05, 0) is 35.9 Å². The van der Waals surface area contributed by atoms with Gasteiger partial charge in [0.15, 0.2) is 0 Å². The number of hydrogen-bond acceptors (Lipinski definition) is 4. The van der Waals surface area contributed by atoms with Gasteiger partial charge in [-0.2, -0.15) is 0 Å². The van der Waals surface area contributed by atoms with Crippen LogP contribution < -0.4 is 10.6 Å². The number of nitrogens with zero attached hydrogens (tertiary/aromatic N) is 2. The molecule has 2 N–H and O–H groups in total. The van der Waals surface area contributed by atoms with Gasteiger partial charge in [0.05, 0.1) is 23.1 Å². The lowest BCUT2D eigenvalue weighted by atomic mass is 10.2. The quantitative estimate of drug-likeness (QED) is 0.657. The van der Waals surface area contributed by atoms with Gasteiger partial charge in [-0.15, -0.1) is 0 Å². The third kappa shape index (κ3) is 4.68. The lowest BCUT2D eigenvalue weighted by molar-refractivity contribution is 0.102. The zero-order chi connectivity index (χ0) is 18.5. The minimum Gasteiger partial charge on any atom is -0.365 e. The Balaban J connectivity index is 1.61. The maximum Gasteiger partial charge on any atom is 0.275 e. The van der Waals surface area contributed by atoms with Crippen LogP contribution in [-0.2, 0) is 6.54 Å². The minimum atomic E-state index is -0.438. The van der Waals surface area contributed by atoms with Crippen LogP contribution in [0, 0.1) is 5.82 Å². The molecule has 0 bridgehead atoms. The molecule has 8 heteroatoms. The fraction of sp³-hybridized carbons (Fsp3) is 0.0556. The topological polar surface area (TPSA) is 66.9 Å². The van der Waals surface area contributed by atoms with Crippen molar-refractivity contribution in [1.82, 2.24) is 9.97 Å². The van der Waals surface area contributed by atoms with Gasteiger partial charge in [-0.3, -0.25) is 4.79 Å². The van der Waals surface area contributed by atoms with Gasteiger partial charge in [0.25, 0.3) is 5.91 Å². The molecular formula is C18H13Cl2FN4O. The van der Waals surface area contributed by atoms with E-state index < -0.39 is 5.91 Å². The molecule has 26 heavy (non-hydrogen) atoms. The van der Waals surface area contributed by atoms with Crippen molar-refractivity contribution in [1.29, 1.82) is 0 Å². The summed E-state index contributed by atoms with van der Waals surface area (Å²) in [6.07, 6.45) is 2.80. The van der Waals surface area contributed by atoms with Crippen LogP contribution in [0.5, 0.6) is 0 Å². The van der Waals surface area contributed by atoms with E-state index in [0.29, 0.717) is 28.1 Å². The molecule has 0 saturated heterocycles. The smallest absolute Gasteiger partial charge is 0.275 e. The lowest BCUT2D eigenvalue weighted by Gasteiger charge is -2.08. The van der Waals surface area contributed by atoms with Crippen LogP contribution in [0.2, 0.25) is 10.0 Å². The van der Waals surface area contributed by atoms with E-state index in [2.05, 4.69) is 20.6 Å². The highest BCUT2D eigenvalue weighted by Gasteiger charge is 2.11. The number of halogens is 3. The highest BCUT2D eigenvalue weighted by Crippen LogP contribution is 2.25. The summed E-state index contributed by atoms with van der Waals surface area (Å²) >= 11 is 11.9. The first kappa shape index (κ1) is 18.1. The van der Waals surface area contributed by atoms with Crippen molar-refractivity contribution in [2.45, 2.75) is 6.54 Å². The molecule has 3 aromatic rings. The first-order valence-electron chi connectivity index (χ1n) is 7.58. The van der Waals surface area contributed by atoms with E-state index in [9.17, 15) is 9.18 Å². The molecule has 0 atom stereocenters. The van der Waals surface area contributed by atoms with E-state index >= 15 is 0 Å². The maximum atomic E-state index is 12.9. The van der Waals surface area contributed by atoms with Crippen molar-refractivity contribution in [3.05, 3.63) is 82.0 Å². The summed E-state index contributed by atoms with van der Waals surface area (Å²) in [5, 5.41) is 6.50. The molecule has 1 amide bonds. The fourth-order valence-electron chi connectivity index (χ4n) is 2.11. The average Bonchev–Trinajstić information content (AvgIpc) is 2.64. The van der Waals surface area contributed by atoms with E-state index in [-0.39, 0.29) is 11.5 Å². The predicted molar refractivity (Wildman–Crippen MR) is 100 cm³/mol. The number of hydrogen-bond donors (Lipinski definition) is 2. The lowest BCUT2D eigenvalue weighted by Crippen LogP contribution is -2.14. The van der Waals surface area contributed by atoms with Crippen molar-refractivity contribution < 1.29 is 9.18 Å². The molecular weight excluding hydrogens is 378 g/mol. The van der Waals surface area contributed by atoms with E-state index in [4.69, 9.17) is 23.2 Å². The molecule has 132 valence electrons. The number of aromatic nitrogens is 2. The third-order valence-electron chi connectivity index (χ3n) is 3.45. The second-order valence-corrected chi connectivity index (χ2v) is 6.19. The molecule has 0 saturated carbocycles. The summed E-state index contributed by atoms with van der Waals surface area (Å²) in [4.78, 5) is 20.4. The Morgan fingerprint density at radius 2 is 1.81 bits per heavy atom. The van der Waals surface area contributed by atoms with Gasteiger partial charge >= 0.3 is 0 Å². The number of anilines is 2. The minimum absolute atomic E-state index is 0.142. The standard InChI is InChI=1S/C18H13Cl2FN4O/c19-12-3-6-15(14(20)7-12)25-18(26)16-9-24-17(10-22-16)23-8-11-1-4-13(21)5-2-11/h1-7,9-10H,8H2,(H,23,24)(H,25,26). The number of amides is 1. The SMILES string of the molecule is O=C(Nc1ccc(Cl)cc1Cl)c1cnc(NCc2ccc(F)cc2)cn1. The normalized spacial score (nSPS) is 10.4. The largest absolute Gasteiger partial charge is 0.365 e. The molecule has 0 aliphatic heterocycles. The molecule has 0 spiro atoms. The summed E-state index contributed by atoms with van der Waals surface area (Å²) in [5.74, 6) is -0.230. The summed E-state index contributed by atoms with van der Waals surface area (Å²) in [6, 6.07) is 10.9. The van der Waals surface area contributed by atoms with Gasteiger partial charge in [-0.1, -0.05) is 35.3 Å². The molecule has 1 heterocycles. The number of nitrogens with one attached hydrogen (secondary N) is 2. The summed E-state index contributed by atoms with van der Waals surface area (Å²) in [7, 11) is 0. The van der Waals surface area contributed by atoms with Crippen LogP contribution in [0.3, 0.4) is 0 Å². The fourth-order valence-corrected chi connectivity index (χ4v) is 2.56. The van der Waals surface area contributed by atoms with Crippen molar-refractivity contribution >= 4 is 40.6 Å². The molecule has 3 rings (SSSR count). The molecule has 0 fully saturated rings. The summed E-state index contributed by atoms with van der Waals surface area (Å²) in [6.45, 7) is 0.459. The van der Waals surface area contributed by atoms with Crippen LogP contribution >= 0.6 is 23.2 Å². The van der Waals surface area contributed by atoms with Crippen molar-refractivity contribution in [3.8, 4) is 0 Å². The van der Waals surface area contributed by atoms with Crippen LogP contribution in [0.4, 0.5) is 15.9 Å². The number of carbonyl (C=O) groups is 1. The Labute approximate surface area is 159 Å². The molecule has 0 aliphatic rings. The Hall–Kier alpha value is -2.70. The molecule has 0 aliphatic carbocycles. The number of carbonyl (C=O) groups excluding carboxylic acids is 1. The molecule has 2 aromatic carbocycles. The first-order valence-corrected chi connectivity index (χ1v) is 8.33. The van der Waals surface area contributed by atoms with Crippen LogP contribution in [-0.4, -0.2) is 15.9 Å². The molecule has 5 nitrogen and oxygen atoms in total. The predicted octanol–water partition coefficient (Wildman–Crippen LogP) is 4.79. The van der Waals surface area contributed by atoms with Gasteiger partial charge in [0.2, 0.25) is 0 Å². The van der Waals surface area contributed by atoms with Gasteiger partial charge in [-0.25, -0.2) is 14.4 Å². The molecule has 0 unspecified atom stereocenters. The highest BCUT2D eigenvalue weighted by molar-refractivity contribution is 6.36. The van der Waals surface area contributed by atoms with E-state index in [0.717, 1.165) is 5.56 Å². The van der Waals surface area contributed by atoms with E-state index in [1.165, 1.54) is 30.6 Å². The van der Waals surface area contributed by atoms with Crippen LogP contribution in [0.15, 0.2) is 54.9 Å². The Morgan fingerprint density at radius 3 is 2.46 bits per heavy atom. The average molecular weight is 391 g/mol. The van der Waals surface area contributed by atoms with E-state index in [1.54, 1.807) is 24.3 Å². The van der Waals surface area contributed by atoms with Crippen molar-refractivity contribution in [2.24, 2.45) is 0 Å². The van der Waals surface area contributed by atoms with Gasteiger partial charge in [0.1, 0.15) is 17.3 Å². The summed E-state index contributed by atoms with van der Waals surface area (Å²) in [5.41, 5.74) is 1.47. The third-order valence-corrected chi connectivity index (χ3v) is 4.00. The molecule has 0 radical (unpaired) electrons. The monoisotopic (exact) mass is 390 g/mol. The second-order valence-electron chi connectivity index (χ2n) is 5.35. The van der Waals surface area contributed by atoms with Crippen LogP contribution in [0.1, 0.15) is 16.1 Å². The zero-order valence-corrected chi connectivity index (χ0v) is 14.9. The zero-order valence-electron chi connectivity index (χ0n) is 13.3. The Kier molecular flexibility index (Phi) is 5.65. The Bertz CT molecular complexity index is 917. The number of benzene rings is 2. The Morgan fingerprint density at radius 1 is 1.04 bits per heavy atom. The van der Waals surface area contributed by atoms with E-state index in [1.807, 2.05) is 0 Å². The van der Waals surface area contributed by atoms with Crippen molar-refractivity contribution in [2.75, 3.05) is 10.6 Å². The highest BCUT2D eigenvalue weighted by atomic mass is 35.5. The maximum absolute atomic E-state index is 12.9. The van der Waals surface area contributed by atoms with Gasteiger partial charge < -0.3 is 10.6 Å².